The van der Waals surface area contributed by atoms with Crippen molar-refractivity contribution in [1.29, 1.82) is 0 Å². The van der Waals surface area contributed by atoms with Gasteiger partial charge in [-0.05, 0) is 25.2 Å². The standard InChI is InChI=1S/C12H12N4OS2/c1-7(11-13-5-6-19-11)16-10-8(14-12(16)18)3-4-9(15-10)17-2/h3-7H,1-2H3,(H,14,18). The first-order valence-corrected chi connectivity index (χ1v) is 7.04. The van der Waals surface area contributed by atoms with Gasteiger partial charge in [-0.2, -0.15) is 4.98 Å². The number of aromatic nitrogens is 4. The highest BCUT2D eigenvalue weighted by molar-refractivity contribution is 7.71. The van der Waals surface area contributed by atoms with E-state index in [1.54, 1.807) is 24.6 Å². The Morgan fingerprint density at radius 2 is 2.32 bits per heavy atom. The normalized spacial score (nSPS) is 12.7. The number of methoxy groups -OCH3 is 1. The zero-order valence-electron chi connectivity index (χ0n) is 10.5. The molecule has 0 bridgehead atoms. The van der Waals surface area contributed by atoms with Crippen molar-refractivity contribution in [1.82, 2.24) is 19.5 Å². The van der Waals surface area contributed by atoms with Gasteiger partial charge in [0.1, 0.15) is 5.01 Å². The zero-order valence-corrected chi connectivity index (χ0v) is 12.1. The van der Waals surface area contributed by atoms with Crippen molar-refractivity contribution in [2.45, 2.75) is 13.0 Å². The van der Waals surface area contributed by atoms with Crippen LogP contribution in [0.1, 0.15) is 18.0 Å². The minimum Gasteiger partial charge on any atom is -0.481 e. The van der Waals surface area contributed by atoms with Crippen LogP contribution in [0.5, 0.6) is 5.88 Å². The van der Waals surface area contributed by atoms with Gasteiger partial charge in [-0.25, -0.2) is 4.98 Å². The van der Waals surface area contributed by atoms with Gasteiger partial charge in [-0.3, -0.25) is 4.57 Å². The van der Waals surface area contributed by atoms with Crippen LogP contribution < -0.4 is 4.74 Å². The van der Waals surface area contributed by atoms with E-state index in [0.717, 1.165) is 16.2 Å². The van der Waals surface area contributed by atoms with Crippen LogP contribution in [0.4, 0.5) is 0 Å². The zero-order chi connectivity index (χ0) is 13.4. The number of hydrogen-bond acceptors (Lipinski definition) is 5. The van der Waals surface area contributed by atoms with Crippen molar-refractivity contribution in [2.75, 3.05) is 7.11 Å². The average Bonchev–Trinajstić information content (AvgIpc) is 3.03. The second-order valence-corrected chi connectivity index (χ2v) is 5.38. The summed E-state index contributed by atoms with van der Waals surface area (Å²) >= 11 is 6.99. The number of rotatable bonds is 3. The van der Waals surface area contributed by atoms with Crippen molar-refractivity contribution >= 4 is 34.7 Å². The van der Waals surface area contributed by atoms with Gasteiger partial charge in [0.05, 0.1) is 18.7 Å². The first-order valence-electron chi connectivity index (χ1n) is 5.75. The van der Waals surface area contributed by atoms with Crippen molar-refractivity contribution < 1.29 is 4.74 Å². The lowest BCUT2D eigenvalue weighted by atomic mass is 10.3. The van der Waals surface area contributed by atoms with Gasteiger partial charge in [0.15, 0.2) is 10.4 Å². The number of pyridine rings is 1. The molecule has 0 aliphatic carbocycles. The lowest BCUT2D eigenvalue weighted by Gasteiger charge is -2.11. The van der Waals surface area contributed by atoms with Gasteiger partial charge in [-0.1, -0.05) is 0 Å². The molecule has 0 fully saturated rings. The number of fused-ring (bicyclic) bond motifs is 1. The largest absolute Gasteiger partial charge is 0.481 e. The summed E-state index contributed by atoms with van der Waals surface area (Å²) < 4.78 is 7.77. The third-order valence-electron chi connectivity index (χ3n) is 2.94. The molecule has 3 rings (SSSR count). The predicted octanol–water partition coefficient (Wildman–Crippen LogP) is 3.17. The number of nitrogens with one attached hydrogen (secondary N) is 1. The van der Waals surface area contributed by atoms with Crippen LogP contribution in [0.15, 0.2) is 23.7 Å². The number of thiazole rings is 1. The van der Waals surface area contributed by atoms with Gasteiger partial charge in [-0.15, -0.1) is 11.3 Å². The van der Waals surface area contributed by atoms with Crippen molar-refractivity contribution in [3.8, 4) is 5.88 Å². The van der Waals surface area contributed by atoms with Crippen LogP contribution >= 0.6 is 23.6 Å². The molecule has 0 aromatic carbocycles. The first kappa shape index (κ1) is 12.3. The van der Waals surface area contributed by atoms with Crippen molar-refractivity contribution in [2.24, 2.45) is 0 Å². The van der Waals surface area contributed by atoms with E-state index in [1.165, 1.54) is 0 Å². The molecule has 0 aliphatic rings. The maximum absolute atomic E-state index is 5.39. The van der Waals surface area contributed by atoms with E-state index in [9.17, 15) is 0 Å². The fraction of sp³-hybridized carbons (Fsp3) is 0.250. The molecule has 3 aromatic rings. The van der Waals surface area contributed by atoms with Crippen LogP contribution in [-0.4, -0.2) is 26.6 Å². The summed E-state index contributed by atoms with van der Waals surface area (Å²) in [7, 11) is 1.60. The molecule has 7 heteroatoms. The summed E-state index contributed by atoms with van der Waals surface area (Å²) in [5.41, 5.74) is 1.68. The number of H-pyrrole nitrogens is 1. The maximum atomic E-state index is 5.39. The summed E-state index contributed by atoms with van der Waals surface area (Å²) in [6.07, 6.45) is 1.79. The second-order valence-electron chi connectivity index (χ2n) is 4.07. The number of imidazole rings is 1. The van der Waals surface area contributed by atoms with Crippen molar-refractivity contribution in [3.63, 3.8) is 0 Å². The summed E-state index contributed by atoms with van der Waals surface area (Å²) in [4.78, 5) is 12.0. The Kier molecular flexibility index (Phi) is 3.08. The summed E-state index contributed by atoms with van der Waals surface area (Å²) in [6, 6.07) is 3.77. The smallest absolute Gasteiger partial charge is 0.215 e. The lowest BCUT2D eigenvalue weighted by Crippen LogP contribution is -2.07. The van der Waals surface area contributed by atoms with Crippen LogP contribution in [0.3, 0.4) is 0 Å². The highest BCUT2D eigenvalue weighted by Crippen LogP contribution is 2.25. The van der Waals surface area contributed by atoms with E-state index in [0.29, 0.717) is 10.7 Å². The average molecular weight is 292 g/mol. The molecule has 0 spiro atoms. The molecule has 0 saturated heterocycles. The lowest BCUT2D eigenvalue weighted by molar-refractivity contribution is 0.398. The minimum atomic E-state index is 0.0425. The first-order chi connectivity index (χ1) is 9.20. The quantitative estimate of drug-likeness (QED) is 0.753. The predicted molar refractivity (Wildman–Crippen MR) is 77.4 cm³/mol. The number of nitrogens with zero attached hydrogens (tertiary/aromatic N) is 3. The Bertz CT molecular complexity index is 760. The van der Waals surface area contributed by atoms with E-state index < -0.39 is 0 Å². The molecule has 1 atom stereocenters. The molecule has 98 valence electrons. The van der Waals surface area contributed by atoms with Crippen LogP contribution in [0.25, 0.3) is 11.2 Å². The summed E-state index contributed by atoms with van der Waals surface area (Å²) in [5.74, 6) is 0.571. The molecule has 0 aliphatic heterocycles. The Labute approximate surface area is 118 Å². The van der Waals surface area contributed by atoms with Crippen LogP contribution in [0, 0.1) is 4.77 Å². The van der Waals surface area contributed by atoms with E-state index in [1.807, 2.05) is 22.1 Å². The van der Waals surface area contributed by atoms with Gasteiger partial charge >= 0.3 is 0 Å². The van der Waals surface area contributed by atoms with E-state index in [2.05, 4.69) is 21.9 Å². The molecule has 1 unspecified atom stereocenters. The maximum Gasteiger partial charge on any atom is 0.215 e. The fourth-order valence-electron chi connectivity index (χ4n) is 2.01. The van der Waals surface area contributed by atoms with Gasteiger partial charge in [0.2, 0.25) is 5.88 Å². The third kappa shape index (κ3) is 2.04. The second kappa shape index (κ2) is 4.75. The molecule has 3 aromatic heterocycles. The Balaban J connectivity index is 2.22. The molecular weight excluding hydrogens is 280 g/mol. The summed E-state index contributed by atoms with van der Waals surface area (Å²) in [6.45, 7) is 2.06. The number of hydrogen-bond donors (Lipinski definition) is 1. The van der Waals surface area contributed by atoms with E-state index in [-0.39, 0.29) is 6.04 Å². The topological polar surface area (TPSA) is 55.7 Å². The molecule has 3 heterocycles. The fourth-order valence-corrected chi connectivity index (χ4v) is 3.05. The monoisotopic (exact) mass is 292 g/mol. The van der Waals surface area contributed by atoms with Crippen LogP contribution in [-0.2, 0) is 0 Å². The van der Waals surface area contributed by atoms with Gasteiger partial charge in [0.25, 0.3) is 0 Å². The van der Waals surface area contributed by atoms with Crippen LogP contribution in [0.2, 0.25) is 0 Å². The highest BCUT2D eigenvalue weighted by atomic mass is 32.1. The molecule has 1 N–H and O–H groups in total. The highest BCUT2D eigenvalue weighted by Gasteiger charge is 2.16. The molecule has 0 radical (unpaired) electrons. The minimum absolute atomic E-state index is 0.0425. The Morgan fingerprint density at radius 1 is 1.47 bits per heavy atom. The molecule has 19 heavy (non-hydrogen) atoms. The Hall–Kier alpha value is -1.73. The molecule has 0 saturated carbocycles. The number of aromatic amines is 1. The number of ether oxygens (including phenoxy) is 1. The van der Waals surface area contributed by atoms with Gasteiger partial charge < -0.3 is 9.72 Å². The van der Waals surface area contributed by atoms with Crippen molar-refractivity contribution in [3.05, 3.63) is 33.5 Å². The van der Waals surface area contributed by atoms with E-state index >= 15 is 0 Å². The third-order valence-corrected chi connectivity index (χ3v) is 4.19. The van der Waals surface area contributed by atoms with Gasteiger partial charge in [0, 0.05) is 17.6 Å². The molecule has 0 amide bonds. The summed E-state index contributed by atoms with van der Waals surface area (Å²) in [5, 5.41) is 2.96. The SMILES string of the molecule is COc1ccc2[nH]c(=S)n(C(C)c3nccs3)c2n1. The Morgan fingerprint density at radius 3 is 3.00 bits per heavy atom. The van der Waals surface area contributed by atoms with E-state index in [4.69, 9.17) is 17.0 Å². The molecular formula is C12H12N4OS2. The molecule has 5 nitrogen and oxygen atoms in total.